The van der Waals surface area contributed by atoms with Crippen molar-refractivity contribution < 1.29 is 0 Å². The fourth-order valence-corrected chi connectivity index (χ4v) is 2.32. The summed E-state index contributed by atoms with van der Waals surface area (Å²) in [7, 11) is 0. The summed E-state index contributed by atoms with van der Waals surface area (Å²) in [6.45, 7) is 7.77. The van der Waals surface area contributed by atoms with Gasteiger partial charge in [-0.2, -0.15) is 0 Å². The standard InChI is InChI=1S/C13H22N4/c1-11-4-7-17(8-5-12(2)16-11)9-13-3-6-14-10-15-13/h3,6,10-12,16H,4-5,7-9H2,1-2H3. The van der Waals surface area contributed by atoms with Gasteiger partial charge >= 0.3 is 0 Å². The van der Waals surface area contributed by atoms with Crippen LogP contribution in [0.25, 0.3) is 0 Å². The van der Waals surface area contributed by atoms with Crippen LogP contribution in [0.3, 0.4) is 0 Å². The van der Waals surface area contributed by atoms with Gasteiger partial charge in [-0.15, -0.1) is 0 Å². The Morgan fingerprint density at radius 2 is 2.00 bits per heavy atom. The third-order valence-electron chi connectivity index (χ3n) is 3.35. The predicted molar refractivity (Wildman–Crippen MR) is 68.6 cm³/mol. The molecule has 0 spiro atoms. The third kappa shape index (κ3) is 4.06. The Labute approximate surface area is 103 Å². The number of aromatic nitrogens is 2. The molecule has 0 radical (unpaired) electrons. The highest BCUT2D eigenvalue weighted by molar-refractivity contribution is 4.97. The first kappa shape index (κ1) is 12.5. The number of hydrogen-bond acceptors (Lipinski definition) is 4. The molecule has 1 aliphatic rings. The van der Waals surface area contributed by atoms with Crippen LogP contribution in [0.2, 0.25) is 0 Å². The van der Waals surface area contributed by atoms with E-state index in [0.717, 1.165) is 25.3 Å². The quantitative estimate of drug-likeness (QED) is 0.840. The molecular weight excluding hydrogens is 212 g/mol. The Balaban J connectivity index is 1.91. The zero-order chi connectivity index (χ0) is 12.1. The van der Waals surface area contributed by atoms with Gasteiger partial charge < -0.3 is 5.32 Å². The Kier molecular flexibility index (Phi) is 4.45. The summed E-state index contributed by atoms with van der Waals surface area (Å²) >= 11 is 0. The maximum Gasteiger partial charge on any atom is 0.115 e. The van der Waals surface area contributed by atoms with Crippen molar-refractivity contribution in [3.8, 4) is 0 Å². The fourth-order valence-electron chi connectivity index (χ4n) is 2.32. The Morgan fingerprint density at radius 1 is 1.29 bits per heavy atom. The van der Waals surface area contributed by atoms with Crippen molar-refractivity contribution in [1.82, 2.24) is 20.2 Å². The third-order valence-corrected chi connectivity index (χ3v) is 3.35. The van der Waals surface area contributed by atoms with Crippen LogP contribution in [0.1, 0.15) is 32.4 Å². The van der Waals surface area contributed by atoms with E-state index >= 15 is 0 Å². The second kappa shape index (κ2) is 6.07. The van der Waals surface area contributed by atoms with E-state index in [4.69, 9.17) is 0 Å². The summed E-state index contributed by atoms with van der Waals surface area (Å²) in [5.74, 6) is 0. The molecule has 2 unspecified atom stereocenters. The number of rotatable bonds is 2. The van der Waals surface area contributed by atoms with E-state index in [2.05, 4.69) is 34.0 Å². The molecule has 0 aromatic carbocycles. The van der Waals surface area contributed by atoms with E-state index < -0.39 is 0 Å². The highest BCUT2D eigenvalue weighted by Gasteiger charge is 2.16. The molecule has 0 saturated carbocycles. The largest absolute Gasteiger partial charge is 0.312 e. The number of hydrogen-bond donors (Lipinski definition) is 1. The maximum atomic E-state index is 4.30. The number of nitrogens with zero attached hydrogens (tertiary/aromatic N) is 3. The highest BCUT2D eigenvalue weighted by atomic mass is 15.1. The van der Waals surface area contributed by atoms with Gasteiger partial charge in [-0.05, 0) is 32.8 Å². The average Bonchev–Trinajstić information content (AvgIpc) is 2.32. The van der Waals surface area contributed by atoms with Crippen molar-refractivity contribution >= 4 is 0 Å². The molecular formula is C13H22N4. The molecule has 4 nitrogen and oxygen atoms in total. The van der Waals surface area contributed by atoms with E-state index in [-0.39, 0.29) is 0 Å². The first-order chi connectivity index (χ1) is 8.24. The summed E-state index contributed by atoms with van der Waals surface area (Å²) < 4.78 is 0. The van der Waals surface area contributed by atoms with Crippen LogP contribution in [0.4, 0.5) is 0 Å². The SMILES string of the molecule is CC1CCN(Cc2ccncn2)CCC(C)N1. The first-order valence-electron chi connectivity index (χ1n) is 6.47. The van der Waals surface area contributed by atoms with Crippen LogP contribution >= 0.6 is 0 Å². The lowest BCUT2D eigenvalue weighted by atomic mass is 10.1. The molecule has 2 rings (SSSR count). The molecule has 2 heterocycles. The summed E-state index contributed by atoms with van der Waals surface area (Å²) in [5.41, 5.74) is 1.12. The van der Waals surface area contributed by atoms with Crippen LogP contribution in [-0.2, 0) is 6.54 Å². The summed E-state index contributed by atoms with van der Waals surface area (Å²) in [4.78, 5) is 10.7. The normalized spacial score (nSPS) is 27.4. The van der Waals surface area contributed by atoms with Crippen LogP contribution in [-0.4, -0.2) is 40.0 Å². The minimum atomic E-state index is 0.609. The molecule has 0 aliphatic carbocycles. The molecule has 1 aliphatic heterocycles. The molecule has 1 saturated heterocycles. The lowest BCUT2D eigenvalue weighted by molar-refractivity contribution is 0.210. The molecule has 1 aromatic rings. The van der Waals surface area contributed by atoms with Crippen molar-refractivity contribution in [2.75, 3.05) is 13.1 Å². The molecule has 17 heavy (non-hydrogen) atoms. The first-order valence-corrected chi connectivity index (χ1v) is 6.47. The smallest absolute Gasteiger partial charge is 0.115 e. The summed E-state index contributed by atoms with van der Waals surface area (Å²) in [5, 5.41) is 3.61. The van der Waals surface area contributed by atoms with Gasteiger partial charge in [0.2, 0.25) is 0 Å². The zero-order valence-electron chi connectivity index (χ0n) is 10.8. The Morgan fingerprint density at radius 3 is 2.59 bits per heavy atom. The van der Waals surface area contributed by atoms with Crippen molar-refractivity contribution in [2.24, 2.45) is 0 Å². The maximum absolute atomic E-state index is 4.30. The van der Waals surface area contributed by atoms with Crippen LogP contribution in [0, 0.1) is 0 Å². The van der Waals surface area contributed by atoms with Crippen LogP contribution < -0.4 is 5.32 Å². The molecule has 1 aromatic heterocycles. The minimum Gasteiger partial charge on any atom is -0.312 e. The average molecular weight is 234 g/mol. The fraction of sp³-hybridized carbons (Fsp3) is 0.692. The lowest BCUT2D eigenvalue weighted by Gasteiger charge is -2.30. The van der Waals surface area contributed by atoms with Gasteiger partial charge in [-0.1, -0.05) is 0 Å². The topological polar surface area (TPSA) is 41.1 Å². The van der Waals surface area contributed by atoms with Gasteiger partial charge in [0.05, 0.1) is 5.69 Å². The molecule has 1 fully saturated rings. The van der Waals surface area contributed by atoms with Gasteiger partial charge in [0, 0.05) is 37.9 Å². The molecule has 94 valence electrons. The minimum absolute atomic E-state index is 0.609. The second-order valence-corrected chi connectivity index (χ2v) is 5.02. The summed E-state index contributed by atoms with van der Waals surface area (Å²) in [6, 6.07) is 3.22. The van der Waals surface area contributed by atoms with Gasteiger partial charge in [0.1, 0.15) is 6.33 Å². The molecule has 2 atom stereocenters. The van der Waals surface area contributed by atoms with Gasteiger partial charge in [-0.25, -0.2) is 9.97 Å². The van der Waals surface area contributed by atoms with Gasteiger partial charge in [0.15, 0.2) is 0 Å². The van der Waals surface area contributed by atoms with Crippen LogP contribution in [0.15, 0.2) is 18.6 Å². The van der Waals surface area contributed by atoms with E-state index in [0.29, 0.717) is 12.1 Å². The Hall–Kier alpha value is -1.00. The van der Waals surface area contributed by atoms with E-state index in [1.54, 1.807) is 6.33 Å². The molecule has 0 amide bonds. The Bertz CT molecular complexity index is 315. The lowest BCUT2D eigenvalue weighted by Crippen LogP contribution is -2.42. The van der Waals surface area contributed by atoms with Crippen LogP contribution in [0.5, 0.6) is 0 Å². The van der Waals surface area contributed by atoms with Gasteiger partial charge in [-0.3, -0.25) is 4.90 Å². The predicted octanol–water partition coefficient (Wildman–Crippen LogP) is 1.44. The monoisotopic (exact) mass is 234 g/mol. The highest BCUT2D eigenvalue weighted by Crippen LogP contribution is 2.09. The zero-order valence-corrected chi connectivity index (χ0v) is 10.8. The van der Waals surface area contributed by atoms with Crippen molar-refractivity contribution in [1.29, 1.82) is 0 Å². The van der Waals surface area contributed by atoms with Crippen molar-refractivity contribution in [3.63, 3.8) is 0 Å². The van der Waals surface area contributed by atoms with Crippen molar-refractivity contribution in [3.05, 3.63) is 24.3 Å². The number of nitrogens with one attached hydrogen (secondary N) is 1. The van der Waals surface area contributed by atoms with E-state index in [1.165, 1.54) is 12.8 Å². The van der Waals surface area contributed by atoms with Gasteiger partial charge in [0.25, 0.3) is 0 Å². The molecule has 0 bridgehead atoms. The second-order valence-electron chi connectivity index (χ2n) is 5.02. The van der Waals surface area contributed by atoms with E-state index in [1.807, 2.05) is 12.3 Å². The summed E-state index contributed by atoms with van der Waals surface area (Å²) in [6.07, 6.45) is 5.86. The molecule has 4 heteroatoms. The van der Waals surface area contributed by atoms with Crippen molar-refractivity contribution in [2.45, 2.75) is 45.3 Å². The van der Waals surface area contributed by atoms with E-state index in [9.17, 15) is 0 Å². The molecule has 1 N–H and O–H groups in total.